The molecule has 0 saturated carbocycles. The number of hydrogen-bond acceptors (Lipinski definition) is 7. The molecule has 0 unspecified atom stereocenters. The molecule has 2 aromatic heterocycles. The van der Waals surface area contributed by atoms with Crippen molar-refractivity contribution in [3.05, 3.63) is 71.4 Å². The van der Waals surface area contributed by atoms with Crippen LogP contribution in [0, 0.1) is 0 Å². The Hall–Kier alpha value is -4.05. The summed E-state index contributed by atoms with van der Waals surface area (Å²) in [5.41, 5.74) is -0.477. The van der Waals surface area contributed by atoms with Crippen LogP contribution in [0.5, 0.6) is 0 Å². The Morgan fingerprint density at radius 3 is 2.47 bits per heavy atom. The SMILES string of the molecule is CCOC(=O)c1cc2c3cccnc3n(S(=O)(=O)c3ccccc3)c2c2c1C(=O)NC2=O. The molecule has 0 saturated heterocycles. The van der Waals surface area contributed by atoms with E-state index in [9.17, 15) is 22.8 Å². The number of imide groups is 1. The maximum Gasteiger partial charge on any atom is 0.338 e. The lowest BCUT2D eigenvalue weighted by Gasteiger charge is -2.11. The number of rotatable bonds is 4. The summed E-state index contributed by atoms with van der Waals surface area (Å²) in [5.74, 6) is -2.38. The van der Waals surface area contributed by atoms with Gasteiger partial charge in [0.2, 0.25) is 0 Å². The van der Waals surface area contributed by atoms with E-state index in [1.165, 1.54) is 24.4 Å². The van der Waals surface area contributed by atoms with E-state index in [1.54, 1.807) is 37.3 Å². The number of ether oxygens (including phenoxy) is 1. The van der Waals surface area contributed by atoms with Crippen LogP contribution >= 0.6 is 0 Å². The average Bonchev–Trinajstić information content (AvgIpc) is 3.28. The third kappa shape index (κ3) is 2.66. The van der Waals surface area contributed by atoms with Crippen molar-refractivity contribution >= 4 is 49.7 Å². The first-order valence-electron chi connectivity index (χ1n) is 9.65. The highest BCUT2D eigenvalue weighted by Crippen LogP contribution is 2.38. The molecule has 9 nitrogen and oxygen atoms in total. The summed E-state index contributed by atoms with van der Waals surface area (Å²) in [7, 11) is -4.21. The van der Waals surface area contributed by atoms with E-state index >= 15 is 0 Å². The Bertz CT molecular complexity index is 1570. The minimum atomic E-state index is -4.21. The summed E-state index contributed by atoms with van der Waals surface area (Å²) >= 11 is 0. The molecule has 160 valence electrons. The van der Waals surface area contributed by atoms with Crippen LogP contribution in [0.25, 0.3) is 21.9 Å². The van der Waals surface area contributed by atoms with E-state index in [2.05, 4.69) is 10.3 Å². The standard InChI is InChI=1S/C22H15N3O6S/c1-2-31-22(28)15-11-14-13-9-6-10-23-19(13)25(32(29,30)12-7-4-3-5-8-12)18(14)17-16(15)20(26)24-21(17)27/h3-11H,2H2,1H3,(H,24,26,27). The molecule has 0 bridgehead atoms. The quantitative estimate of drug-likeness (QED) is 0.375. The first kappa shape index (κ1) is 19.9. The van der Waals surface area contributed by atoms with Gasteiger partial charge in [0.1, 0.15) is 0 Å². The zero-order valence-electron chi connectivity index (χ0n) is 16.7. The Morgan fingerprint density at radius 1 is 1.03 bits per heavy atom. The molecule has 4 aromatic rings. The predicted molar refractivity (Wildman–Crippen MR) is 114 cm³/mol. The van der Waals surface area contributed by atoms with Crippen LogP contribution in [0.1, 0.15) is 38.0 Å². The van der Waals surface area contributed by atoms with E-state index in [4.69, 9.17) is 4.74 Å². The minimum Gasteiger partial charge on any atom is -0.462 e. The topological polar surface area (TPSA) is 124 Å². The number of pyridine rings is 1. The number of amides is 2. The van der Waals surface area contributed by atoms with Gasteiger partial charge < -0.3 is 4.74 Å². The fourth-order valence-electron chi connectivity index (χ4n) is 3.95. The molecule has 1 N–H and O–H groups in total. The van der Waals surface area contributed by atoms with Crippen molar-refractivity contribution in [1.82, 2.24) is 14.3 Å². The largest absolute Gasteiger partial charge is 0.462 e. The molecule has 3 heterocycles. The molecular formula is C22H15N3O6S. The molecular weight excluding hydrogens is 434 g/mol. The number of benzene rings is 2. The van der Waals surface area contributed by atoms with E-state index < -0.39 is 27.8 Å². The summed E-state index contributed by atoms with van der Waals surface area (Å²) in [6.07, 6.45) is 1.43. The highest BCUT2D eigenvalue weighted by molar-refractivity contribution is 7.90. The molecule has 0 fully saturated rings. The van der Waals surface area contributed by atoms with Crippen molar-refractivity contribution in [2.24, 2.45) is 0 Å². The second kappa shape index (κ2) is 6.99. The number of carbonyl (C=O) groups is 3. The van der Waals surface area contributed by atoms with Gasteiger partial charge in [-0.3, -0.25) is 14.9 Å². The molecule has 5 rings (SSSR count). The maximum absolute atomic E-state index is 13.6. The van der Waals surface area contributed by atoms with Gasteiger partial charge in [-0.05, 0) is 37.3 Å². The van der Waals surface area contributed by atoms with Crippen molar-refractivity contribution in [3.8, 4) is 0 Å². The molecule has 0 aliphatic carbocycles. The molecule has 2 aromatic carbocycles. The van der Waals surface area contributed by atoms with E-state index in [0.717, 1.165) is 3.97 Å². The van der Waals surface area contributed by atoms with Gasteiger partial charge in [0.15, 0.2) is 5.65 Å². The molecule has 0 spiro atoms. The van der Waals surface area contributed by atoms with Gasteiger partial charge in [-0.15, -0.1) is 0 Å². The number of aromatic nitrogens is 2. The second-order valence-electron chi connectivity index (χ2n) is 7.03. The van der Waals surface area contributed by atoms with Crippen LogP contribution < -0.4 is 5.32 Å². The van der Waals surface area contributed by atoms with E-state index in [0.29, 0.717) is 10.8 Å². The van der Waals surface area contributed by atoms with Gasteiger partial charge in [0, 0.05) is 17.0 Å². The molecule has 1 aliphatic rings. The van der Waals surface area contributed by atoms with Crippen molar-refractivity contribution < 1.29 is 27.5 Å². The van der Waals surface area contributed by atoms with Crippen molar-refractivity contribution in [2.75, 3.05) is 6.61 Å². The third-order valence-corrected chi connectivity index (χ3v) is 6.93. The Kier molecular flexibility index (Phi) is 4.34. The summed E-state index contributed by atoms with van der Waals surface area (Å²) in [6, 6.07) is 12.3. The number of fused-ring (bicyclic) bond motifs is 5. The zero-order valence-corrected chi connectivity index (χ0v) is 17.5. The van der Waals surface area contributed by atoms with Gasteiger partial charge in [0.05, 0.1) is 33.7 Å². The van der Waals surface area contributed by atoms with Gasteiger partial charge in [0.25, 0.3) is 21.8 Å². The molecule has 32 heavy (non-hydrogen) atoms. The smallest absolute Gasteiger partial charge is 0.338 e. The number of nitrogens with one attached hydrogen (secondary N) is 1. The number of nitrogens with zero attached hydrogens (tertiary/aromatic N) is 2. The van der Waals surface area contributed by atoms with Crippen molar-refractivity contribution in [1.29, 1.82) is 0 Å². The molecule has 1 aliphatic heterocycles. The van der Waals surface area contributed by atoms with Crippen molar-refractivity contribution in [3.63, 3.8) is 0 Å². The van der Waals surface area contributed by atoms with Gasteiger partial charge in [-0.2, -0.15) is 0 Å². The first-order chi connectivity index (χ1) is 15.4. The number of hydrogen-bond donors (Lipinski definition) is 1. The van der Waals surface area contributed by atoms with Crippen LogP contribution in [0.15, 0.2) is 59.6 Å². The van der Waals surface area contributed by atoms with Crippen LogP contribution in [0.3, 0.4) is 0 Å². The van der Waals surface area contributed by atoms with Crippen molar-refractivity contribution in [2.45, 2.75) is 11.8 Å². The Balaban J connectivity index is 2.00. The van der Waals surface area contributed by atoms with Crippen LogP contribution in [0.4, 0.5) is 0 Å². The lowest BCUT2D eigenvalue weighted by Crippen LogP contribution is -2.21. The van der Waals surface area contributed by atoms with Crippen LogP contribution in [-0.2, 0) is 14.8 Å². The van der Waals surface area contributed by atoms with E-state index in [1.807, 2.05) is 0 Å². The summed E-state index contributed by atoms with van der Waals surface area (Å²) in [5, 5.41) is 2.86. The average molecular weight is 449 g/mol. The van der Waals surface area contributed by atoms with E-state index in [-0.39, 0.29) is 39.4 Å². The minimum absolute atomic E-state index is 0.0163. The highest BCUT2D eigenvalue weighted by atomic mass is 32.2. The predicted octanol–water partition coefficient (Wildman–Crippen LogP) is 2.49. The summed E-state index contributed by atoms with van der Waals surface area (Å²) < 4.78 is 33.3. The monoisotopic (exact) mass is 449 g/mol. The Morgan fingerprint density at radius 2 is 1.75 bits per heavy atom. The normalized spacial score (nSPS) is 13.4. The van der Waals surface area contributed by atoms with Crippen LogP contribution in [0.2, 0.25) is 0 Å². The fraction of sp³-hybridized carbons (Fsp3) is 0.0909. The molecule has 0 atom stereocenters. The zero-order chi connectivity index (χ0) is 22.6. The first-order valence-corrected chi connectivity index (χ1v) is 11.1. The fourth-order valence-corrected chi connectivity index (χ4v) is 5.47. The molecule has 10 heteroatoms. The maximum atomic E-state index is 13.6. The van der Waals surface area contributed by atoms with Gasteiger partial charge in [-0.1, -0.05) is 18.2 Å². The summed E-state index contributed by atoms with van der Waals surface area (Å²) in [6.45, 7) is 1.68. The molecule has 2 amide bonds. The second-order valence-corrected chi connectivity index (χ2v) is 8.82. The lowest BCUT2D eigenvalue weighted by molar-refractivity contribution is 0.0523. The molecule has 0 radical (unpaired) electrons. The number of esters is 1. The van der Waals surface area contributed by atoms with Gasteiger partial charge >= 0.3 is 5.97 Å². The summed E-state index contributed by atoms with van der Waals surface area (Å²) in [4.78, 5) is 42.2. The Labute approximate surface area is 181 Å². The third-order valence-electron chi connectivity index (χ3n) is 5.23. The lowest BCUT2D eigenvalue weighted by atomic mass is 9.98. The highest BCUT2D eigenvalue weighted by Gasteiger charge is 2.38. The number of carbonyl (C=O) groups excluding carboxylic acids is 3. The van der Waals surface area contributed by atoms with Gasteiger partial charge in [-0.25, -0.2) is 22.2 Å². The van der Waals surface area contributed by atoms with Crippen LogP contribution in [-0.4, -0.2) is 41.8 Å².